The zero-order valence-corrected chi connectivity index (χ0v) is 9.60. The highest BCUT2D eigenvalue weighted by molar-refractivity contribution is 6.04. The molecule has 0 amide bonds. The van der Waals surface area contributed by atoms with Crippen molar-refractivity contribution in [2.45, 2.75) is 32.3 Å². The quantitative estimate of drug-likeness (QED) is 0.588. The first kappa shape index (κ1) is 12.7. The number of unbranched alkanes of at least 4 members (excludes halogenated alkanes) is 1. The lowest BCUT2D eigenvalue weighted by molar-refractivity contribution is 0.104. The van der Waals surface area contributed by atoms with Gasteiger partial charge in [0.1, 0.15) is 0 Å². The van der Waals surface area contributed by atoms with Gasteiger partial charge in [-0.25, -0.2) is 0 Å². The summed E-state index contributed by atoms with van der Waals surface area (Å²) in [6.45, 7) is 2.07. The summed E-state index contributed by atoms with van der Waals surface area (Å²) in [5.41, 5.74) is 0.654. The van der Waals surface area contributed by atoms with Crippen LogP contribution in [0.3, 0.4) is 0 Å². The number of aliphatic hydroxyl groups excluding tert-OH is 1. The molecule has 0 radical (unpaired) electrons. The van der Waals surface area contributed by atoms with Crippen molar-refractivity contribution in [3.63, 3.8) is 0 Å². The molecule has 16 heavy (non-hydrogen) atoms. The molecule has 1 atom stereocenters. The highest BCUT2D eigenvalue weighted by Gasteiger charge is 2.02. The molecule has 0 aliphatic carbocycles. The first-order valence-corrected chi connectivity index (χ1v) is 5.69. The number of rotatable bonds is 6. The van der Waals surface area contributed by atoms with E-state index in [2.05, 4.69) is 6.92 Å². The smallest absolute Gasteiger partial charge is 0.185 e. The molecule has 0 unspecified atom stereocenters. The van der Waals surface area contributed by atoms with Crippen LogP contribution in [0.2, 0.25) is 0 Å². The van der Waals surface area contributed by atoms with E-state index in [0.29, 0.717) is 5.56 Å². The molecule has 0 saturated carbocycles. The third-order valence-electron chi connectivity index (χ3n) is 2.38. The predicted octanol–water partition coefficient (Wildman–Crippen LogP) is 2.98. The number of hydrogen-bond acceptors (Lipinski definition) is 2. The lowest BCUT2D eigenvalue weighted by atomic mass is 10.1. The van der Waals surface area contributed by atoms with Gasteiger partial charge in [0.2, 0.25) is 0 Å². The molecule has 0 aliphatic rings. The Morgan fingerprint density at radius 2 is 2.06 bits per heavy atom. The average molecular weight is 218 g/mol. The van der Waals surface area contributed by atoms with Crippen LogP contribution in [0.4, 0.5) is 0 Å². The second-order valence-corrected chi connectivity index (χ2v) is 3.80. The number of carbonyl (C=O) groups excluding carboxylic acids is 1. The molecule has 0 bridgehead atoms. The van der Waals surface area contributed by atoms with Crippen molar-refractivity contribution in [3.05, 3.63) is 48.0 Å². The monoisotopic (exact) mass is 218 g/mol. The van der Waals surface area contributed by atoms with Gasteiger partial charge in [-0.05, 0) is 12.5 Å². The molecule has 1 aromatic rings. The minimum atomic E-state index is -0.507. The molecule has 0 saturated heterocycles. The summed E-state index contributed by atoms with van der Waals surface area (Å²) in [7, 11) is 0. The van der Waals surface area contributed by atoms with Crippen molar-refractivity contribution >= 4 is 5.78 Å². The van der Waals surface area contributed by atoms with Gasteiger partial charge in [0.25, 0.3) is 0 Å². The number of ketones is 1. The number of carbonyl (C=O) groups is 1. The van der Waals surface area contributed by atoms with E-state index < -0.39 is 6.10 Å². The maximum atomic E-state index is 11.6. The third kappa shape index (κ3) is 4.41. The first-order chi connectivity index (χ1) is 7.74. The van der Waals surface area contributed by atoms with Gasteiger partial charge in [0.15, 0.2) is 5.78 Å². The van der Waals surface area contributed by atoms with Crippen LogP contribution in [0.25, 0.3) is 0 Å². The SMILES string of the molecule is CCCC[C@@H](O)/C=C/C(=O)c1ccccc1. The van der Waals surface area contributed by atoms with Gasteiger partial charge in [-0.3, -0.25) is 4.79 Å². The Kier molecular flexibility index (Phi) is 5.51. The Labute approximate surface area is 96.6 Å². The van der Waals surface area contributed by atoms with Crippen LogP contribution in [-0.4, -0.2) is 17.0 Å². The van der Waals surface area contributed by atoms with Gasteiger partial charge in [0.05, 0.1) is 6.10 Å². The summed E-state index contributed by atoms with van der Waals surface area (Å²) in [5.74, 6) is -0.0591. The average Bonchev–Trinajstić information content (AvgIpc) is 2.34. The Morgan fingerprint density at radius 3 is 2.69 bits per heavy atom. The second-order valence-electron chi connectivity index (χ2n) is 3.80. The summed E-state index contributed by atoms with van der Waals surface area (Å²) in [5, 5.41) is 9.54. The molecule has 2 nitrogen and oxygen atoms in total. The summed E-state index contributed by atoms with van der Waals surface area (Å²) in [6.07, 6.45) is 5.27. The molecule has 0 heterocycles. The Morgan fingerprint density at radius 1 is 1.38 bits per heavy atom. The van der Waals surface area contributed by atoms with E-state index >= 15 is 0 Å². The van der Waals surface area contributed by atoms with E-state index in [0.717, 1.165) is 19.3 Å². The standard InChI is InChI=1S/C14H18O2/c1-2-3-9-13(15)10-11-14(16)12-7-5-4-6-8-12/h4-8,10-11,13,15H,2-3,9H2,1H3/b11-10+/t13-/m1/s1. The van der Waals surface area contributed by atoms with Crippen molar-refractivity contribution < 1.29 is 9.90 Å². The van der Waals surface area contributed by atoms with E-state index in [-0.39, 0.29) is 5.78 Å². The first-order valence-electron chi connectivity index (χ1n) is 5.69. The van der Waals surface area contributed by atoms with Crippen LogP contribution in [0.1, 0.15) is 36.5 Å². The number of benzene rings is 1. The van der Waals surface area contributed by atoms with Crippen LogP contribution in [0.5, 0.6) is 0 Å². The molecule has 86 valence electrons. The summed E-state index contributed by atoms with van der Waals surface area (Å²) < 4.78 is 0. The Balaban J connectivity index is 2.48. The van der Waals surface area contributed by atoms with E-state index in [9.17, 15) is 9.90 Å². The van der Waals surface area contributed by atoms with Gasteiger partial charge in [-0.2, -0.15) is 0 Å². The summed E-state index contributed by atoms with van der Waals surface area (Å²) in [4.78, 5) is 11.6. The Hall–Kier alpha value is -1.41. The zero-order chi connectivity index (χ0) is 11.8. The fraction of sp³-hybridized carbons (Fsp3) is 0.357. The van der Waals surface area contributed by atoms with Crippen LogP contribution < -0.4 is 0 Å². The molecule has 0 aliphatic heterocycles. The van der Waals surface area contributed by atoms with E-state index in [1.54, 1.807) is 18.2 Å². The topological polar surface area (TPSA) is 37.3 Å². The minimum absolute atomic E-state index is 0.0591. The lowest BCUT2D eigenvalue weighted by Crippen LogP contribution is -2.03. The van der Waals surface area contributed by atoms with Crippen molar-refractivity contribution in [2.24, 2.45) is 0 Å². The van der Waals surface area contributed by atoms with Gasteiger partial charge >= 0.3 is 0 Å². The van der Waals surface area contributed by atoms with Crippen LogP contribution in [0.15, 0.2) is 42.5 Å². The molecule has 0 aromatic heterocycles. The predicted molar refractivity (Wildman–Crippen MR) is 65.4 cm³/mol. The van der Waals surface area contributed by atoms with E-state index in [4.69, 9.17) is 0 Å². The molecular formula is C14H18O2. The normalized spacial score (nSPS) is 12.9. The van der Waals surface area contributed by atoms with Crippen molar-refractivity contribution in [2.75, 3.05) is 0 Å². The molecule has 1 N–H and O–H groups in total. The van der Waals surface area contributed by atoms with Crippen molar-refractivity contribution in [3.8, 4) is 0 Å². The van der Waals surface area contributed by atoms with Gasteiger partial charge in [-0.15, -0.1) is 0 Å². The second kappa shape index (κ2) is 6.96. The fourth-order valence-corrected chi connectivity index (χ4v) is 1.41. The molecule has 0 fully saturated rings. The highest BCUT2D eigenvalue weighted by Crippen LogP contribution is 2.04. The highest BCUT2D eigenvalue weighted by atomic mass is 16.3. The van der Waals surface area contributed by atoms with Crippen LogP contribution >= 0.6 is 0 Å². The van der Waals surface area contributed by atoms with Crippen molar-refractivity contribution in [1.29, 1.82) is 0 Å². The van der Waals surface area contributed by atoms with Gasteiger partial charge in [0, 0.05) is 5.56 Å². The van der Waals surface area contributed by atoms with Gasteiger partial charge in [-0.1, -0.05) is 56.2 Å². The van der Waals surface area contributed by atoms with E-state index in [1.165, 1.54) is 6.08 Å². The summed E-state index contributed by atoms with van der Waals surface area (Å²) in [6, 6.07) is 9.07. The molecule has 0 spiro atoms. The minimum Gasteiger partial charge on any atom is -0.389 e. The molecule has 2 heteroatoms. The maximum Gasteiger partial charge on any atom is 0.185 e. The maximum absolute atomic E-state index is 11.6. The number of aliphatic hydroxyl groups is 1. The zero-order valence-electron chi connectivity index (χ0n) is 9.60. The van der Waals surface area contributed by atoms with Crippen LogP contribution in [0, 0.1) is 0 Å². The number of hydrogen-bond donors (Lipinski definition) is 1. The number of allylic oxidation sites excluding steroid dienone is 1. The lowest BCUT2D eigenvalue weighted by Gasteiger charge is -2.02. The van der Waals surface area contributed by atoms with Crippen molar-refractivity contribution in [1.82, 2.24) is 0 Å². The largest absolute Gasteiger partial charge is 0.389 e. The van der Waals surface area contributed by atoms with Crippen LogP contribution in [-0.2, 0) is 0 Å². The Bertz CT molecular complexity index is 341. The third-order valence-corrected chi connectivity index (χ3v) is 2.38. The molecule has 1 rings (SSSR count). The summed E-state index contributed by atoms with van der Waals surface area (Å²) >= 11 is 0. The molecular weight excluding hydrogens is 200 g/mol. The van der Waals surface area contributed by atoms with E-state index in [1.807, 2.05) is 18.2 Å². The van der Waals surface area contributed by atoms with Gasteiger partial charge < -0.3 is 5.11 Å². The fourth-order valence-electron chi connectivity index (χ4n) is 1.41. The molecule has 1 aromatic carbocycles.